The lowest BCUT2D eigenvalue weighted by atomic mass is 10.1. The number of hydrogen-bond acceptors (Lipinski definition) is 3. The molecule has 0 aromatic heterocycles. The fourth-order valence-corrected chi connectivity index (χ4v) is 2.11. The largest absolute Gasteiger partial charge is 0.309 e. The van der Waals surface area contributed by atoms with Crippen molar-refractivity contribution in [1.82, 2.24) is 5.32 Å². The van der Waals surface area contributed by atoms with Gasteiger partial charge in [-0.05, 0) is 12.1 Å². The van der Waals surface area contributed by atoms with Crippen molar-refractivity contribution in [3.63, 3.8) is 0 Å². The number of halogens is 1. The molecule has 0 spiro atoms. The van der Waals surface area contributed by atoms with Gasteiger partial charge in [-0.25, -0.2) is 0 Å². The van der Waals surface area contributed by atoms with Crippen molar-refractivity contribution in [2.75, 3.05) is 12.3 Å². The van der Waals surface area contributed by atoms with Crippen molar-refractivity contribution in [2.24, 2.45) is 0 Å². The first-order valence-electron chi connectivity index (χ1n) is 4.73. The number of rotatable bonds is 5. The summed E-state index contributed by atoms with van der Waals surface area (Å²) < 4.78 is 33.7. The van der Waals surface area contributed by atoms with Gasteiger partial charge in [0.25, 0.3) is 0 Å². The van der Waals surface area contributed by atoms with Gasteiger partial charge in [-0.1, -0.05) is 37.3 Å². The summed E-state index contributed by atoms with van der Waals surface area (Å²) >= 11 is 0. The van der Waals surface area contributed by atoms with Crippen LogP contribution in [0.3, 0.4) is 0 Å². The van der Waals surface area contributed by atoms with Crippen molar-refractivity contribution < 1.29 is 12.3 Å². The summed E-state index contributed by atoms with van der Waals surface area (Å²) in [7, 11) is -4.46. The second kappa shape index (κ2) is 5.23. The van der Waals surface area contributed by atoms with Crippen LogP contribution in [0.2, 0.25) is 0 Å². The van der Waals surface area contributed by atoms with E-state index in [0.717, 1.165) is 5.56 Å². The molecule has 0 saturated carbocycles. The van der Waals surface area contributed by atoms with Crippen LogP contribution in [0.5, 0.6) is 0 Å². The van der Waals surface area contributed by atoms with Crippen LogP contribution in [-0.4, -0.2) is 20.7 Å². The molecule has 0 amide bonds. The van der Waals surface area contributed by atoms with Crippen molar-refractivity contribution in [2.45, 2.75) is 13.0 Å². The van der Waals surface area contributed by atoms with Crippen molar-refractivity contribution in [3.8, 4) is 0 Å². The van der Waals surface area contributed by atoms with E-state index in [9.17, 15) is 12.3 Å². The van der Waals surface area contributed by atoms with Crippen LogP contribution in [0.4, 0.5) is 3.89 Å². The average molecular weight is 231 g/mol. The molecule has 3 nitrogen and oxygen atoms in total. The van der Waals surface area contributed by atoms with Crippen LogP contribution in [0.15, 0.2) is 30.3 Å². The number of hydrogen-bond donors (Lipinski definition) is 1. The van der Waals surface area contributed by atoms with Crippen molar-refractivity contribution >= 4 is 10.2 Å². The van der Waals surface area contributed by atoms with E-state index >= 15 is 0 Å². The quantitative estimate of drug-likeness (QED) is 0.783. The molecule has 0 aliphatic heterocycles. The molecule has 0 bridgehead atoms. The van der Waals surface area contributed by atoms with E-state index in [1.54, 1.807) is 24.3 Å². The summed E-state index contributed by atoms with van der Waals surface area (Å²) in [6.45, 7) is 2.44. The van der Waals surface area contributed by atoms with Gasteiger partial charge in [0.05, 0.1) is 5.75 Å². The van der Waals surface area contributed by atoms with E-state index in [4.69, 9.17) is 0 Å². The van der Waals surface area contributed by atoms with E-state index in [0.29, 0.717) is 6.54 Å². The molecule has 1 aromatic carbocycles. The molecule has 0 aliphatic rings. The van der Waals surface area contributed by atoms with Crippen LogP contribution in [0.1, 0.15) is 18.5 Å². The standard InChI is InChI=1S/C10H14FNO2S/c1-2-12-10(8-15(11,13)14)9-6-4-3-5-7-9/h3-7,10,12H,2,8H2,1H3. The normalized spacial score (nSPS) is 13.7. The molecule has 1 unspecified atom stereocenters. The minimum Gasteiger partial charge on any atom is -0.309 e. The molecule has 1 aromatic rings. The van der Waals surface area contributed by atoms with Gasteiger partial charge in [-0.15, -0.1) is 3.89 Å². The summed E-state index contributed by atoms with van der Waals surface area (Å²) in [4.78, 5) is 0. The van der Waals surface area contributed by atoms with E-state index < -0.39 is 22.0 Å². The van der Waals surface area contributed by atoms with Gasteiger partial charge in [0, 0.05) is 6.04 Å². The highest BCUT2D eigenvalue weighted by Crippen LogP contribution is 2.15. The average Bonchev–Trinajstić information content (AvgIpc) is 2.17. The van der Waals surface area contributed by atoms with E-state index in [-0.39, 0.29) is 0 Å². The minimum atomic E-state index is -4.46. The second-order valence-corrected chi connectivity index (χ2v) is 4.64. The summed E-state index contributed by atoms with van der Waals surface area (Å²) in [5.74, 6) is -0.523. The maximum absolute atomic E-state index is 12.6. The summed E-state index contributed by atoms with van der Waals surface area (Å²) in [6.07, 6.45) is 0. The lowest BCUT2D eigenvalue weighted by Gasteiger charge is -2.15. The third-order valence-corrected chi connectivity index (χ3v) is 2.75. The predicted octanol–water partition coefficient (Wildman–Crippen LogP) is 1.64. The third kappa shape index (κ3) is 4.40. The van der Waals surface area contributed by atoms with Gasteiger partial charge in [-0.3, -0.25) is 0 Å². The zero-order chi connectivity index (χ0) is 11.3. The Labute approximate surface area is 89.5 Å². The van der Waals surface area contributed by atoms with Gasteiger partial charge >= 0.3 is 10.2 Å². The Morgan fingerprint density at radius 3 is 2.40 bits per heavy atom. The maximum atomic E-state index is 12.6. The topological polar surface area (TPSA) is 46.2 Å². The van der Waals surface area contributed by atoms with E-state index in [1.165, 1.54) is 0 Å². The molecule has 1 rings (SSSR count). The van der Waals surface area contributed by atoms with E-state index in [1.807, 2.05) is 13.0 Å². The zero-order valence-electron chi connectivity index (χ0n) is 8.48. The highest BCUT2D eigenvalue weighted by molar-refractivity contribution is 7.86. The minimum absolute atomic E-state index is 0.480. The first-order chi connectivity index (χ1) is 7.03. The maximum Gasteiger partial charge on any atom is 0.304 e. The zero-order valence-corrected chi connectivity index (χ0v) is 9.30. The molecule has 0 heterocycles. The van der Waals surface area contributed by atoms with Crippen LogP contribution in [-0.2, 0) is 10.2 Å². The Balaban J connectivity index is 2.84. The summed E-state index contributed by atoms with van der Waals surface area (Å²) in [5.41, 5.74) is 0.778. The highest BCUT2D eigenvalue weighted by atomic mass is 32.3. The number of nitrogens with one attached hydrogen (secondary N) is 1. The second-order valence-electron chi connectivity index (χ2n) is 3.23. The Kier molecular flexibility index (Phi) is 4.23. The third-order valence-electron chi connectivity index (χ3n) is 2.02. The van der Waals surface area contributed by atoms with E-state index in [2.05, 4.69) is 5.32 Å². The van der Waals surface area contributed by atoms with Crippen molar-refractivity contribution in [3.05, 3.63) is 35.9 Å². The van der Waals surface area contributed by atoms with Gasteiger partial charge in [0.1, 0.15) is 0 Å². The van der Waals surface area contributed by atoms with Gasteiger partial charge < -0.3 is 5.32 Å². The molecule has 1 atom stereocenters. The lowest BCUT2D eigenvalue weighted by Crippen LogP contribution is -2.26. The lowest BCUT2D eigenvalue weighted by molar-refractivity contribution is 0.525. The molecule has 1 N–H and O–H groups in total. The predicted molar refractivity (Wildman–Crippen MR) is 57.8 cm³/mol. The molecule has 0 radical (unpaired) electrons. The molecule has 0 aliphatic carbocycles. The smallest absolute Gasteiger partial charge is 0.304 e. The van der Waals surface area contributed by atoms with Crippen LogP contribution in [0.25, 0.3) is 0 Å². The van der Waals surface area contributed by atoms with Gasteiger partial charge in [0.15, 0.2) is 0 Å². The molecule has 0 saturated heterocycles. The number of benzene rings is 1. The Hall–Kier alpha value is -0.940. The molecular weight excluding hydrogens is 217 g/mol. The Bertz CT molecular complexity index is 391. The molecule has 5 heteroatoms. The molecule has 84 valence electrons. The Morgan fingerprint density at radius 2 is 1.93 bits per heavy atom. The van der Waals surface area contributed by atoms with Crippen LogP contribution < -0.4 is 5.32 Å². The highest BCUT2D eigenvalue weighted by Gasteiger charge is 2.18. The molecule has 15 heavy (non-hydrogen) atoms. The van der Waals surface area contributed by atoms with Gasteiger partial charge in [0.2, 0.25) is 0 Å². The summed E-state index contributed by atoms with van der Waals surface area (Å²) in [6, 6.07) is 8.49. The van der Waals surface area contributed by atoms with Gasteiger partial charge in [-0.2, -0.15) is 8.42 Å². The first-order valence-corrected chi connectivity index (χ1v) is 6.29. The monoisotopic (exact) mass is 231 g/mol. The van der Waals surface area contributed by atoms with Crippen LogP contribution >= 0.6 is 0 Å². The fourth-order valence-electron chi connectivity index (χ4n) is 1.40. The SMILES string of the molecule is CCNC(CS(=O)(=O)F)c1ccccc1. The van der Waals surface area contributed by atoms with Crippen molar-refractivity contribution in [1.29, 1.82) is 0 Å². The van der Waals surface area contributed by atoms with Crippen LogP contribution in [0, 0.1) is 0 Å². The summed E-state index contributed by atoms with van der Waals surface area (Å²) in [5, 5.41) is 2.94. The fraction of sp³-hybridized carbons (Fsp3) is 0.400. The Morgan fingerprint density at radius 1 is 1.33 bits per heavy atom. The first kappa shape index (κ1) is 12.1. The molecule has 0 fully saturated rings. The molecular formula is C10H14FNO2S.